The van der Waals surface area contributed by atoms with Gasteiger partial charge in [0.05, 0.1) is 17.9 Å². The molecule has 5 aliphatic carbocycles. The molecule has 0 aliphatic heterocycles. The van der Waals surface area contributed by atoms with E-state index in [-0.39, 0.29) is 41.2 Å². The molecule has 10 nitrogen and oxygen atoms in total. The first-order valence-corrected chi connectivity index (χ1v) is 17.2. The highest BCUT2D eigenvalue weighted by molar-refractivity contribution is 5.80. The predicted molar refractivity (Wildman–Crippen MR) is 170 cm³/mol. The number of carbonyl (C=O) groups excluding carboxylic acids is 4. The summed E-state index contributed by atoms with van der Waals surface area (Å²) in [6.07, 6.45) is 6.30. The van der Waals surface area contributed by atoms with Crippen LogP contribution in [0.15, 0.2) is 11.6 Å². The van der Waals surface area contributed by atoms with Crippen molar-refractivity contribution in [3.8, 4) is 0 Å². The van der Waals surface area contributed by atoms with E-state index < -0.39 is 57.7 Å². The molecular formula is C37H54O10. The lowest BCUT2D eigenvalue weighted by atomic mass is 9.33. The maximum atomic E-state index is 13.6. The molecule has 0 aromatic heterocycles. The van der Waals surface area contributed by atoms with Crippen LogP contribution in [-0.4, -0.2) is 60.9 Å². The Labute approximate surface area is 278 Å². The van der Waals surface area contributed by atoms with Crippen molar-refractivity contribution in [3.05, 3.63) is 11.6 Å². The Balaban J connectivity index is 1.63. The van der Waals surface area contributed by atoms with E-state index in [0.717, 1.165) is 19.3 Å². The second-order valence-electron chi connectivity index (χ2n) is 16.7. The van der Waals surface area contributed by atoms with Crippen LogP contribution in [-0.2, 0) is 42.9 Å². The van der Waals surface area contributed by atoms with E-state index in [1.165, 1.54) is 33.5 Å². The average Bonchev–Trinajstić information content (AvgIpc) is 2.97. The quantitative estimate of drug-likeness (QED) is 0.204. The third kappa shape index (κ3) is 5.13. The van der Waals surface area contributed by atoms with Crippen molar-refractivity contribution in [3.63, 3.8) is 0 Å². The molecule has 0 saturated heterocycles. The number of esters is 4. The zero-order chi connectivity index (χ0) is 35.0. The molecule has 0 heterocycles. The molecule has 0 spiro atoms. The predicted octanol–water partition coefficient (Wildman–Crippen LogP) is 6.04. The Bertz CT molecular complexity index is 1390. The zero-order valence-electron chi connectivity index (χ0n) is 29.7. The number of ether oxygens (including phenoxy) is 4. The lowest BCUT2D eigenvalue weighted by molar-refractivity contribution is -0.256. The summed E-state index contributed by atoms with van der Waals surface area (Å²) in [5.74, 6) is -2.60. The third-order valence-corrected chi connectivity index (χ3v) is 14.4. The van der Waals surface area contributed by atoms with E-state index in [4.69, 9.17) is 18.9 Å². The number of hydrogen-bond acceptors (Lipinski definition) is 9. The molecule has 11 atom stereocenters. The number of aliphatic carboxylic acids is 1. The average molecular weight is 659 g/mol. The first kappa shape index (κ1) is 35.4. The first-order chi connectivity index (χ1) is 21.7. The molecule has 1 N–H and O–H groups in total. The van der Waals surface area contributed by atoms with Crippen LogP contribution >= 0.6 is 0 Å². The van der Waals surface area contributed by atoms with Crippen molar-refractivity contribution >= 4 is 29.8 Å². The smallest absolute Gasteiger partial charge is 0.312 e. The highest BCUT2D eigenvalue weighted by Gasteiger charge is 2.72. The normalized spacial score (nSPS) is 45.4. The number of methoxy groups -OCH3 is 1. The van der Waals surface area contributed by atoms with Crippen molar-refractivity contribution in [2.24, 2.45) is 50.2 Å². The molecule has 5 rings (SSSR count). The van der Waals surface area contributed by atoms with Crippen LogP contribution in [0.5, 0.6) is 0 Å². The van der Waals surface area contributed by atoms with E-state index in [1.807, 2.05) is 13.8 Å². The molecule has 0 aromatic carbocycles. The monoisotopic (exact) mass is 658 g/mol. The van der Waals surface area contributed by atoms with Gasteiger partial charge in [-0.05, 0) is 98.7 Å². The first-order valence-electron chi connectivity index (χ1n) is 17.2. The molecular weight excluding hydrogens is 604 g/mol. The molecule has 262 valence electrons. The SMILES string of the molecule is COC(=O)C12CCC(C)(C(=O)O)CC1C1=CCC3C4(C)CC(OC(C)=O)C(OC(C)=O)C(C)(COC(C)=O)C4CCC3(C)C1(C)CC2. The number of rotatable bonds is 6. The van der Waals surface area contributed by atoms with E-state index in [0.29, 0.717) is 38.5 Å². The summed E-state index contributed by atoms with van der Waals surface area (Å²) in [7, 11) is 1.43. The summed E-state index contributed by atoms with van der Waals surface area (Å²) in [4.78, 5) is 63.2. The number of carboxylic acid groups (broad SMARTS) is 1. The van der Waals surface area contributed by atoms with Crippen LogP contribution in [0.25, 0.3) is 0 Å². The molecule has 0 amide bonds. The fourth-order valence-electron chi connectivity index (χ4n) is 11.9. The van der Waals surface area contributed by atoms with Crippen molar-refractivity contribution in [1.82, 2.24) is 0 Å². The topological polar surface area (TPSA) is 143 Å². The number of hydrogen-bond donors (Lipinski definition) is 1. The summed E-state index contributed by atoms with van der Waals surface area (Å²) in [5.41, 5.74) is -2.27. The van der Waals surface area contributed by atoms with Gasteiger partial charge in [-0.25, -0.2) is 0 Å². The molecule has 5 aliphatic rings. The highest BCUT2D eigenvalue weighted by atomic mass is 16.6. The molecule has 0 radical (unpaired) electrons. The fourth-order valence-corrected chi connectivity index (χ4v) is 11.9. The molecule has 0 aromatic rings. The van der Waals surface area contributed by atoms with Gasteiger partial charge in [-0.1, -0.05) is 39.3 Å². The van der Waals surface area contributed by atoms with E-state index in [2.05, 4.69) is 26.8 Å². The van der Waals surface area contributed by atoms with Gasteiger partial charge in [0.2, 0.25) is 0 Å². The molecule has 4 saturated carbocycles. The molecule has 47 heavy (non-hydrogen) atoms. The van der Waals surface area contributed by atoms with Gasteiger partial charge in [-0.3, -0.25) is 24.0 Å². The number of carbonyl (C=O) groups is 5. The Morgan fingerprint density at radius 2 is 1.47 bits per heavy atom. The number of fused-ring (bicyclic) bond motifs is 7. The van der Waals surface area contributed by atoms with Gasteiger partial charge in [-0.2, -0.15) is 0 Å². The van der Waals surface area contributed by atoms with E-state index in [1.54, 1.807) is 0 Å². The summed E-state index contributed by atoms with van der Waals surface area (Å²) >= 11 is 0. The second-order valence-corrected chi connectivity index (χ2v) is 16.7. The van der Waals surface area contributed by atoms with Crippen molar-refractivity contribution < 1.29 is 48.0 Å². The maximum Gasteiger partial charge on any atom is 0.312 e. The summed E-state index contributed by atoms with van der Waals surface area (Å²) < 4.78 is 23.0. The second kappa shape index (κ2) is 11.6. The van der Waals surface area contributed by atoms with Crippen LogP contribution < -0.4 is 0 Å². The lowest BCUT2D eigenvalue weighted by Gasteiger charge is -2.71. The van der Waals surface area contributed by atoms with Gasteiger partial charge >= 0.3 is 29.8 Å². The molecule has 0 bridgehead atoms. The largest absolute Gasteiger partial charge is 0.481 e. The minimum absolute atomic E-state index is 0.0233. The Morgan fingerprint density at radius 1 is 0.830 bits per heavy atom. The van der Waals surface area contributed by atoms with Crippen LogP contribution in [0.4, 0.5) is 0 Å². The number of allylic oxidation sites excluding steroid dienone is 2. The standard InChI is InChI=1S/C37H54O10/c1-21(38)45-20-34(6)27-12-13-36(8)28(33(27,5)19-26(46-22(2)39)29(34)47-23(3)40)11-10-24-25-18-32(4,30(41)42)14-16-37(25,31(43)44-9)17-15-35(24,36)7/h10,25-29H,11-20H2,1-9H3,(H,41,42). The van der Waals surface area contributed by atoms with Gasteiger partial charge in [0.1, 0.15) is 18.8 Å². The molecule has 10 heteroatoms. The van der Waals surface area contributed by atoms with Crippen LogP contribution in [0, 0.1) is 50.2 Å². The summed E-state index contributed by atoms with van der Waals surface area (Å²) in [5, 5.41) is 10.3. The summed E-state index contributed by atoms with van der Waals surface area (Å²) in [6, 6.07) is 0. The lowest BCUT2D eigenvalue weighted by Crippen LogP contribution is -2.69. The Morgan fingerprint density at radius 3 is 2.04 bits per heavy atom. The van der Waals surface area contributed by atoms with Crippen molar-refractivity contribution in [1.29, 1.82) is 0 Å². The highest BCUT2D eigenvalue weighted by Crippen LogP contribution is 2.76. The van der Waals surface area contributed by atoms with Crippen LogP contribution in [0.1, 0.15) is 113 Å². The minimum Gasteiger partial charge on any atom is -0.481 e. The maximum absolute atomic E-state index is 13.6. The summed E-state index contributed by atoms with van der Waals surface area (Å²) in [6.45, 7) is 14.8. The Kier molecular flexibility index (Phi) is 8.74. The van der Waals surface area contributed by atoms with Gasteiger partial charge in [0, 0.05) is 26.2 Å². The molecule has 11 unspecified atom stereocenters. The Hall–Kier alpha value is -2.91. The van der Waals surface area contributed by atoms with Crippen LogP contribution in [0.2, 0.25) is 0 Å². The van der Waals surface area contributed by atoms with Gasteiger partial charge in [0.25, 0.3) is 0 Å². The van der Waals surface area contributed by atoms with E-state index in [9.17, 15) is 29.1 Å². The van der Waals surface area contributed by atoms with Gasteiger partial charge in [-0.15, -0.1) is 0 Å². The van der Waals surface area contributed by atoms with Crippen molar-refractivity contribution in [2.45, 2.75) is 125 Å². The van der Waals surface area contributed by atoms with Crippen LogP contribution in [0.3, 0.4) is 0 Å². The minimum atomic E-state index is -0.937. The molecule has 4 fully saturated rings. The van der Waals surface area contributed by atoms with Gasteiger partial charge < -0.3 is 24.1 Å². The zero-order valence-corrected chi connectivity index (χ0v) is 29.7. The third-order valence-electron chi connectivity index (χ3n) is 14.4. The van der Waals surface area contributed by atoms with Crippen molar-refractivity contribution in [2.75, 3.05) is 13.7 Å². The number of carboxylic acids is 1. The van der Waals surface area contributed by atoms with E-state index >= 15 is 0 Å². The van der Waals surface area contributed by atoms with Gasteiger partial charge in [0.15, 0.2) is 0 Å². The fraction of sp³-hybridized carbons (Fsp3) is 0.811.